The Labute approximate surface area is 55.8 Å². The van der Waals surface area contributed by atoms with Gasteiger partial charge in [-0.05, 0) is 5.92 Å². The highest BCUT2D eigenvalue weighted by Crippen LogP contribution is 2.22. The first-order chi connectivity index (χ1) is 4.13. The second-order valence-corrected chi connectivity index (χ2v) is 3.02. The van der Waals surface area contributed by atoms with Crippen LogP contribution in [0.25, 0.3) is 0 Å². The molecule has 1 heterocycles. The van der Waals surface area contributed by atoms with Crippen molar-refractivity contribution in [3.05, 3.63) is 0 Å². The number of carbonyl (C=O) groups is 1. The van der Waals surface area contributed by atoms with Crippen molar-refractivity contribution in [2.45, 2.75) is 26.3 Å². The maximum Gasteiger partial charge on any atom is 0.224 e. The monoisotopic (exact) mass is 127 g/mol. The summed E-state index contributed by atoms with van der Waals surface area (Å²) < 4.78 is 0. The van der Waals surface area contributed by atoms with E-state index in [-0.39, 0.29) is 5.91 Å². The molecule has 1 atom stereocenters. The Morgan fingerprint density at radius 3 is 2.33 bits per heavy atom. The molecular weight excluding hydrogens is 114 g/mol. The largest absolute Gasteiger partial charge is 0.342 e. The number of amides is 1. The summed E-state index contributed by atoms with van der Waals surface area (Å²) in [6, 6.07) is 0.512. The lowest BCUT2D eigenvalue weighted by atomic mass is 9.92. The van der Waals surface area contributed by atoms with E-state index in [1.165, 1.54) is 0 Å². The summed E-state index contributed by atoms with van der Waals surface area (Å²) in [4.78, 5) is 12.5. The van der Waals surface area contributed by atoms with Crippen molar-refractivity contribution in [1.82, 2.24) is 4.90 Å². The van der Waals surface area contributed by atoms with Gasteiger partial charge < -0.3 is 4.90 Å². The molecule has 0 aliphatic carbocycles. The van der Waals surface area contributed by atoms with Crippen LogP contribution in [0.5, 0.6) is 0 Å². The van der Waals surface area contributed by atoms with Crippen LogP contribution in [-0.4, -0.2) is 23.9 Å². The van der Waals surface area contributed by atoms with Crippen LogP contribution in [0.2, 0.25) is 0 Å². The number of likely N-dealkylation sites (tertiary alicyclic amines) is 1. The second-order valence-electron chi connectivity index (χ2n) is 3.02. The van der Waals surface area contributed by atoms with Gasteiger partial charge in [-0.2, -0.15) is 0 Å². The predicted octanol–water partition coefficient (Wildman–Crippen LogP) is 0.873. The Bertz CT molecular complexity index is 131. The number of nitrogens with zero attached hydrogens (tertiary/aromatic N) is 1. The van der Waals surface area contributed by atoms with Crippen molar-refractivity contribution in [2.75, 3.05) is 7.05 Å². The highest BCUT2D eigenvalue weighted by atomic mass is 16.2. The minimum atomic E-state index is 0.286. The van der Waals surface area contributed by atoms with Crippen molar-refractivity contribution >= 4 is 5.91 Å². The van der Waals surface area contributed by atoms with E-state index < -0.39 is 0 Å². The minimum absolute atomic E-state index is 0.286. The van der Waals surface area contributed by atoms with Gasteiger partial charge in [0.1, 0.15) is 0 Å². The van der Waals surface area contributed by atoms with Crippen molar-refractivity contribution in [3.8, 4) is 0 Å². The Morgan fingerprint density at radius 1 is 1.67 bits per heavy atom. The van der Waals surface area contributed by atoms with E-state index in [1.54, 1.807) is 0 Å². The van der Waals surface area contributed by atoms with E-state index >= 15 is 0 Å². The summed E-state index contributed by atoms with van der Waals surface area (Å²) in [5, 5.41) is 0. The fourth-order valence-corrected chi connectivity index (χ4v) is 1.22. The van der Waals surface area contributed by atoms with Crippen LogP contribution < -0.4 is 0 Å². The van der Waals surface area contributed by atoms with Gasteiger partial charge in [-0.25, -0.2) is 0 Å². The van der Waals surface area contributed by atoms with Gasteiger partial charge in [-0.3, -0.25) is 4.79 Å². The van der Waals surface area contributed by atoms with Gasteiger partial charge in [-0.1, -0.05) is 13.8 Å². The number of carbonyl (C=O) groups excluding carboxylic acids is 1. The molecule has 0 aromatic carbocycles. The molecule has 9 heavy (non-hydrogen) atoms. The van der Waals surface area contributed by atoms with Crippen LogP contribution in [0.3, 0.4) is 0 Å². The van der Waals surface area contributed by atoms with Gasteiger partial charge in [0.2, 0.25) is 5.91 Å². The molecule has 0 N–H and O–H groups in total. The van der Waals surface area contributed by atoms with Crippen molar-refractivity contribution in [2.24, 2.45) is 5.92 Å². The van der Waals surface area contributed by atoms with E-state index in [0.717, 1.165) is 6.42 Å². The summed E-state index contributed by atoms with van der Waals surface area (Å²) >= 11 is 0. The normalized spacial score (nSPS) is 26.9. The zero-order valence-corrected chi connectivity index (χ0v) is 6.22. The Morgan fingerprint density at radius 2 is 2.22 bits per heavy atom. The summed E-state index contributed by atoms with van der Waals surface area (Å²) in [6.07, 6.45) is 0.758. The van der Waals surface area contributed by atoms with Crippen molar-refractivity contribution < 1.29 is 4.79 Å². The zero-order valence-electron chi connectivity index (χ0n) is 6.22. The molecule has 0 spiro atoms. The molecule has 0 aromatic rings. The molecule has 2 heteroatoms. The smallest absolute Gasteiger partial charge is 0.224 e. The predicted molar refractivity (Wildman–Crippen MR) is 36.0 cm³/mol. The molecule has 1 rings (SSSR count). The fraction of sp³-hybridized carbons (Fsp3) is 0.857. The maximum atomic E-state index is 10.7. The third kappa shape index (κ3) is 0.934. The lowest BCUT2D eigenvalue weighted by Crippen LogP contribution is -2.52. The number of hydrogen-bond donors (Lipinski definition) is 0. The average Bonchev–Trinajstić information content (AvgIpc) is 1.81. The van der Waals surface area contributed by atoms with Crippen LogP contribution in [0.1, 0.15) is 20.3 Å². The highest BCUT2D eigenvalue weighted by molar-refractivity contribution is 5.82. The lowest BCUT2D eigenvalue weighted by Gasteiger charge is -2.40. The van der Waals surface area contributed by atoms with Crippen molar-refractivity contribution in [1.29, 1.82) is 0 Å². The van der Waals surface area contributed by atoms with E-state index in [9.17, 15) is 4.79 Å². The molecule has 1 fully saturated rings. The Balaban J connectivity index is 2.42. The number of hydrogen-bond acceptors (Lipinski definition) is 1. The molecule has 2 nitrogen and oxygen atoms in total. The number of β-lactam (4-membered cyclic amide) rings is 1. The van der Waals surface area contributed by atoms with Crippen molar-refractivity contribution in [3.63, 3.8) is 0 Å². The van der Waals surface area contributed by atoms with Gasteiger partial charge in [-0.15, -0.1) is 0 Å². The molecule has 1 aliphatic heterocycles. The molecule has 0 unspecified atom stereocenters. The standard InChI is InChI=1S/C7H13NO/c1-5(2)6-4-7(9)8(6)3/h5-6H,4H2,1-3H3/t6-/m0/s1. The third-order valence-corrected chi connectivity index (χ3v) is 2.04. The zero-order chi connectivity index (χ0) is 7.02. The molecule has 0 bridgehead atoms. The first-order valence-corrected chi connectivity index (χ1v) is 3.38. The first-order valence-electron chi connectivity index (χ1n) is 3.38. The Kier molecular flexibility index (Phi) is 1.47. The summed E-state index contributed by atoms with van der Waals surface area (Å²) in [5.41, 5.74) is 0. The molecule has 1 aliphatic rings. The SMILES string of the molecule is CC(C)[C@@H]1CC(=O)N1C. The summed E-state index contributed by atoms with van der Waals surface area (Å²) in [5.74, 6) is 0.904. The van der Waals surface area contributed by atoms with Gasteiger partial charge in [0.15, 0.2) is 0 Å². The van der Waals surface area contributed by atoms with Crippen LogP contribution in [-0.2, 0) is 4.79 Å². The fourth-order valence-electron chi connectivity index (χ4n) is 1.22. The van der Waals surface area contributed by atoms with E-state index in [2.05, 4.69) is 13.8 Å². The van der Waals surface area contributed by atoms with Crippen LogP contribution in [0.15, 0.2) is 0 Å². The quantitative estimate of drug-likeness (QED) is 0.479. The minimum Gasteiger partial charge on any atom is -0.342 e. The van der Waals surface area contributed by atoms with Gasteiger partial charge >= 0.3 is 0 Å². The topological polar surface area (TPSA) is 20.3 Å². The van der Waals surface area contributed by atoms with E-state index in [0.29, 0.717) is 12.0 Å². The summed E-state index contributed by atoms with van der Waals surface area (Å²) in [6.45, 7) is 4.29. The number of rotatable bonds is 1. The van der Waals surface area contributed by atoms with Gasteiger partial charge in [0.05, 0.1) is 0 Å². The molecular formula is C7H13NO. The van der Waals surface area contributed by atoms with E-state index in [1.807, 2.05) is 11.9 Å². The van der Waals surface area contributed by atoms with Crippen LogP contribution in [0, 0.1) is 5.92 Å². The van der Waals surface area contributed by atoms with Gasteiger partial charge in [0, 0.05) is 19.5 Å². The maximum absolute atomic E-state index is 10.7. The molecule has 1 saturated heterocycles. The first kappa shape index (κ1) is 6.59. The average molecular weight is 127 g/mol. The van der Waals surface area contributed by atoms with Crippen LogP contribution >= 0.6 is 0 Å². The van der Waals surface area contributed by atoms with E-state index in [4.69, 9.17) is 0 Å². The van der Waals surface area contributed by atoms with Gasteiger partial charge in [0.25, 0.3) is 0 Å². The molecule has 0 radical (unpaired) electrons. The third-order valence-electron chi connectivity index (χ3n) is 2.04. The lowest BCUT2D eigenvalue weighted by molar-refractivity contribution is -0.145. The Hall–Kier alpha value is -0.530. The van der Waals surface area contributed by atoms with Crippen LogP contribution in [0.4, 0.5) is 0 Å². The molecule has 1 amide bonds. The molecule has 0 saturated carbocycles. The molecule has 0 aromatic heterocycles. The highest BCUT2D eigenvalue weighted by Gasteiger charge is 2.34. The molecule has 52 valence electrons. The second kappa shape index (κ2) is 2.01. The summed E-state index contributed by atoms with van der Waals surface area (Å²) in [7, 11) is 1.87.